The molecule has 3 rings (SSSR count). The zero-order valence-corrected chi connectivity index (χ0v) is 14.8. The average Bonchev–Trinajstić information content (AvgIpc) is 2.99. The van der Waals surface area contributed by atoms with Crippen LogP contribution in [0.25, 0.3) is 5.69 Å². The number of benzene rings is 2. The van der Waals surface area contributed by atoms with Crippen molar-refractivity contribution in [1.29, 1.82) is 0 Å². The molecule has 2 aromatic carbocycles. The van der Waals surface area contributed by atoms with Crippen molar-refractivity contribution in [1.82, 2.24) is 9.78 Å². The lowest BCUT2D eigenvalue weighted by molar-refractivity contribution is 0.0602. The number of methoxy groups -OCH3 is 1. The quantitative estimate of drug-likeness (QED) is 0.731. The van der Waals surface area contributed by atoms with Gasteiger partial charge in [-0.25, -0.2) is 9.48 Å². The van der Waals surface area contributed by atoms with E-state index in [1.165, 1.54) is 7.11 Å². The van der Waals surface area contributed by atoms with Crippen LogP contribution in [0.1, 0.15) is 32.1 Å². The monoisotopic (exact) mass is 349 g/mol. The molecule has 132 valence electrons. The van der Waals surface area contributed by atoms with Crippen LogP contribution in [-0.4, -0.2) is 28.8 Å². The van der Waals surface area contributed by atoms with E-state index in [1.54, 1.807) is 36.4 Å². The topological polar surface area (TPSA) is 73.2 Å². The number of hydrogen-bond donors (Lipinski definition) is 1. The molecule has 0 aliphatic carbocycles. The Kier molecular flexibility index (Phi) is 4.84. The van der Waals surface area contributed by atoms with Gasteiger partial charge in [0.15, 0.2) is 0 Å². The van der Waals surface area contributed by atoms with Crippen LogP contribution >= 0.6 is 0 Å². The van der Waals surface area contributed by atoms with Crippen molar-refractivity contribution in [3.63, 3.8) is 0 Å². The van der Waals surface area contributed by atoms with Crippen molar-refractivity contribution in [3.05, 3.63) is 77.1 Å². The Morgan fingerprint density at radius 2 is 1.73 bits per heavy atom. The molecule has 1 amide bonds. The number of carbonyl (C=O) groups excluding carboxylic acids is 2. The Bertz CT molecular complexity index is 959. The molecule has 1 aromatic heterocycles. The first-order valence-electron chi connectivity index (χ1n) is 8.12. The van der Waals surface area contributed by atoms with Crippen LogP contribution in [0.2, 0.25) is 0 Å². The standard InChI is InChI=1S/C20H19N3O3/c1-13-12-14(2)23(22-13)16-10-8-15(9-11-16)19(24)21-18-7-5-4-6-17(18)20(25)26-3/h4-12H,1-3H3,(H,21,24). The summed E-state index contributed by atoms with van der Waals surface area (Å²) in [5, 5.41) is 7.18. The minimum atomic E-state index is -0.499. The maximum atomic E-state index is 12.5. The fourth-order valence-electron chi connectivity index (χ4n) is 2.72. The molecule has 1 heterocycles. The number of carbonyl (C=O) groups is 2. The smallest absolute Gasteiger partial charge is 0.339 e. The van der Waals surface area contributed by atoms with E-state index in [0.717, 1.165) is 17.1 Å². The number of nitrogens with zero attached hydrogens (tertiary/aromatic N) is 2. The predicted molar refractivity (Wildman–Crippen MR) is 98.8 cm³/mol. The molecular formula is C20H19N3O3. The molecule has 0 radical (unpaired) electrons. The van der Waals surface area contributed by atoms with Crippen LogP contribution in [0, 0.1) is 13.8 Å². The van der Waals surface area contributed by atoms with Gasteiger partial charge in [0.05, 0.1) is 29.7 Å². The van der Waals surface area contributed by atoms with Gasteiger partial charge in [-0.3, -0.25) is 4.79 Å². The molecule has 0 spiro atoms. The van der Waals surface area contributed by atoms with Crippen LogP contribution in [0.4, 0.5) is 5.69 Å². The minimum Gasteiger partial charge on any atom is -0.465 e. The summed E-state index contributed by atoms with van der Waals surface area (Å²) in [5.41, 5.74) is 4.03. The molecule has 0 bridgehead atoms. The van der Waals surface area contributed by atoms with E-state index in [1.807, 2.05) is 36.7 Å². The summed E-state index contributed by atoms with van der Waals surface area (Å²) >= 11 is 0. The van der Waals surface area contributed by atoms with E-state index in [-0.39, 0.29) is 5.91 Å². The van der Waals surface area contributed by atoms with Crippen molar-refractivity contribution >= 4 is 17.6 Å². The summed E-state index contributed by atoms with van der Waals surface area (Å²) in [4.78, 5) is 24.3. The molecule has 0 aliphatic heterocycles. The highest BCUT2D eigenvalue weighted by Gasteiger charge is 2.14. The molecule has 0 saturated carbocycles. The molecule has 0 atom stereocenters. The molecule has 6 heteroatoms. The molecule has 0 saturated heterocycles. The Labute approximate surface area is 151 Å². The van der Waals surface area contributed by atoms with E-state index in [0.29, 0.717) is 16.8 Å². The lowest BCUT2D eigenvalue weighted by Gasteiger charge is -2.10. The van der Waals surface area contributed by atoms with Gasteiger partial charge in [-0.2, -0.15) is 5.10 Å². The summed E-state index contributed by atoms with van der Waals surface area (Å²) in [6.45, 7) is 3.91. The molecule has 6 nitrogen and oxygen atoms in total. The zero-order chi connectivity index (χ0) is 18.7. The highest BCUT2D eigenvalue weighted by Crippen LogP contribution is 2.18. The van der Waals surface area contributed by atoms with Crippen LogP contribution in [0.15, 0.2) is 54.6 Å². The Balaban J connectivity index is 1.81. The molecule has 0 aliphatic rings. The first-order valence-corrected chi connectivity index (χ1v) is 8.12. The van der Waals surface area contributed by atoms with Gasteiger partial charge < -0.3 is 10.1 Å². The first-order chi connectivity index (χ1) is 12.5. The number of hydrogen-bond acceptors (Lipinski definition) is 4. The number of para-hydroxylation sites is 1. The SMILES string of the molecule is COC(=O)c1ccccc1NC(=O)c1ccc(-n2nc(C)cc2C)cc1. The summed E-state index contributed by atoms with van der Waals surface area (Å²) in [6, 6.07) is 15.8. The highest BCUT2D eigenvalue weighted by atomic mass is 16.5. The van der Waals surface area contributed by atoms with Crippen LogP contribution in [0.5, 0.6) is 0 Å². The number of esters is 1. The lowest BCUT2D eigenvalue weighted by atomic mass is 10.1. The second-order valence-corrected chi connectivity index (χ2v) is 5.88. The fraction of sp³-hybridized carbons (Fsp3) is 0.150. The van der Waals surface area contributed by atoms with Crippen LogP contribution in [0.3, 0.4) is 0 Å². The third-order valence-electron chi connectivity index (χ3n) is 3.96. The van der Waals surface area contributed by atoms with E-state index in [9.17, 15) is 9.59 Å². The van der Waals surface area contributed by atoms with Crippen molar-refractivity contribution in [3.8, 4) is 5.69 Å². The van der Waals surface area contributed by atoms with Gasteiger partial charge in [0, 0.05) is 11.3 Å². The predicted octanol–water partition coefficient (Wildman–Crippen LogP) is 3.53. The third kappa shape index (κ3) is 3.49. The van der Waals surface area contributed by atoms with E-state index < -0.39 is 5.97 Å². The number of amides is 1. The Hall–Kier alpha value is -3.41. The summed E-state index contributed by atoms with van der Waals surface area (Å²) < 4.78 is 6.57. The number of aromatic nitrogens is 2. The van der Waals surface area contributed by atoms with Crippen LogP contribution < -0.4 is 5.32 Å². The van der Waals surface area contributed by atoms with Crippen molar-refractivity contribution in [2.24, 2.45) is 0 Å². The molecule has 1 N–H and O–H groups in total. The number of aryl methyl sites for hydroxylation is 2. The van der Waals surface area contributed by atoms with Crippen molar-refractivity contribution < 1.29 is 14.3 Å². The molecule has 3 aromatic rings. The molecule has 26 heavy (non-hydrogen) atoms. The Morgan fingerprint density at radius 1 is 1.04 bits per heavy atom. The van der Waals surface area contributed by atoms with Gasteiger partial charge in [-0.1, -0.05) is 12.1 Å². The van der Waals surface area contributed by atoms with E-state index >= 15 is 0 Å². The largest absolute Gasteiger partial charge is 0.465 e. The lowest BCUT2D eigenvalue weighted by Crippen LogP contribution is -2.15. The normalized spacial score (nSPS) is 10.4. The number of anilines is 1. The number of rotatable bonds is 4. The average molecular weight is 349 g/mol. The third-order valence-corrected chi connectivity index (χ3v) is 3.96. The maximum Gasteiger partial charge on any atom is 0.339 e. The summed E-state index contributed by atoms with van der Waals surface area (Å²) in [7, 11) is 1.30. The second-order valence-electron chi connectivity index (χ2n) is 5.88. The number of nitrogens with one attached hydrogen (secondary N) is 1. The number of ether oxygens (including phenoxy) is 1. The van der Waals surface area contributed by atoms with Gasteiger partial charge in [0.25, 0.3) is 5.91 Å². The summed E-state index contributed by atoms with van der Waals surface area (Å²) in [5.74, 6) is -0.804. The fourth-order valence-corrected chi connectivity index (χ4v) is 2.72. The van der Waals surface area contributed by atoms with Gasteiger partial charge in [0.2, 0.25) is 0 Å². The first kappa shape index (κ1) is 17.4. The van der Waals surface area contributed by atoms with Gasteiger partial charge in [-0.05, 0) is 56.3 Å². The zero-order valence-electron chi connectivity index (χ0n) is 14.8. The van der Waals surface area contributed by atoms with Gasteiger partial charge >= 0.3 is 5.97 Å². The van der Waals surface area contributed by atoms with Gasteiger partial charge in [0.1, 0.15) is 0 Å². The van der Waals surface area contributed by atoms with E-state index in [2.05, 4.69) is 10.4 Å². The molecular weight excluding hydrogens is 330 g/mol. The molecule has 0 fully saturated rings. The van der Waals surface area contributed by atoms with Gasteiger partial charge in [-0.15, -0.1) is 0 Å². The molecule has 0 unspecified atom stereocenters. The summed E-state index contributed by atoms with van der Waals surface area (Å²) in [6.07, 6.45) is 0. The highest BCUT2D eigenvalue weighted by molar-refractivity contribution is 6.08. The van der Waals surface area contributed by atoms with Crippen LogP contribution in [-0.2, 0) is 4.74 Å². The van der Waals surface area contributed by atoms with E-state index in [4.69, 9.17) is 4.74 Å². The minimum absolute atomic E-state index is 0.304. The second kappa shape index (κ2) is 7.23. The van der Waals surface area contributed by atoms with Crippen molar-refractivity contribution in [2.75, 3.05) is 12.4 Å². The van der Waals surface area contributed by atoms with Crippen molar-refractivity contribution in [2.45, 2.75) is 13.8 Å². The Morgan fingerprint density at radius 3 is 2.35 bits per heavy atom. The maximum absolute atomic E-state index is 12.5.